The third-order valence-electron chi connectivity index (χ3n) is 2.76. The third-order valence-corrected chi connectivity index (χ3v) is 2.76. The summed E-state index contributed by atoms with van der Waals surface area (Å²) in [6.45, 7) is 5.98. The number of hydrogen-bond acceptors (Lipinski definition) is 4. The lowest BCUT2D eigenvalue weighted by Gasteiger charge is -2.06. The molecule has 0 aliphatic carbocycles. The quantitative estimate of drug-likeness (QED) is 0.720. The molecular weight excluding hydrogens is 230 g/mol. The monoisotopic (exact) mass is 251 g/mol. The molecule has 1 aromatic rings. The van der Waals surface area contributed by atoms with E-state index in [0.717, 1.165) is 50.6 Å². The molecule has 0 fully saturated rings. The van der Waals surface area contributed by atoms with Crippen LogP contribution < -0.4 is 14.8 Å². The fourth-order valence-electron chi connectivity index (χ4n) is 1.83. The van der Waals surface area contributed by atoms with Crippen molar-refractivity contribution in [1.82, 2.24) is 5.32 Å². The summed E-state index contributed by atoms with van der Waals surface area (Å²) in [5, 5.41) is 3.39. The molecule has 0 saturated carbocycles. The highest BCUT2D eigenvalue weighted by Crippen LogP contribution is 2.32. The number of fused-ring (bicyclic) bond motifs is 1. The van der Waals surface area contributed by atoms with E-state index in [0.29, 0.717) is 6.79 Å². The van der Waals surface area contributed by atoms with Crippen LogP contribution in [0.2, 0.25) is 0 Å². The Labute approximate surface area is 108 Å². The molecular formula is C14H21NO3. The summed E-state index contributed by atoms with van der Waals surface area (Å²) in [5.41, 5.74) is 1.22. The zero-order valence-electron chi connectivity index (χ0n) is 10.9. The minimum atomic E-state index is 0.334. The smallest absolute Gasteiger partial charge is 0.231 e. The van der Waals surface area contributed by atoms with Crippen molar-refractivity contribution in [2.45, 2.75) is 26.3 Å². The number of benzene rings is 1. The van der Waals surface area contributed by atoms with Crippen LogP contribution in [0.15, 0.2) is 18.2 Å². The van der Waals surface area contributed by atoms with Crippen LogP contribution in [0.25, 0.3) is 0 Å². The number of rotatable bonds is 8. The van der Waals surface area contributed by atoms with Gasteiger partial charge >= 0.3 is 0 Å². The number of nitrogens with one attached hydrogen (secondary N) is 1. The molecule has 100 valence electrons. The molecule has 1 aliphatic heterocycles. The van der Waals surface area contributed by atoms with Crippen LogP contribution in [-0.4, -0.2) is 26.6 Å². The molecule has 0 saturated heterocycles. The Balaban J connectivity index is 1.62. The first kappa shape index (κ1) is 13.2. The van der Waals surface area contributed by atoms with Gasteiger partial charge in [0.1, 0.15) is 0 Å². The highest BCUT2D eigenvalue weighted by molar-refractivity contribution is 5.44. The minimum absolute atomic E-state index is 0.334. The van der Waals surface area contributed by atoms with Crippen molar-refractivity contribution in [3.8, 4) is 11.5 Å². The molecule has 1 aromatic carbocycles. The zero-order valence-corrected chi connectivity index (χ0v) is 10.9. The lowest BCUT2D eigenvalue weighted by atomic mass is 10.2. The van der Waals surface area contributed by atoms with Crippen LogP contribution in [0.4, 0.5) is 0 Å². The second-order valence-electron chi connectivity index (χ2n) is 4.33. The van der Waals surface area contributed by atoms with E-state index in [-0.39, 0.29) is 0 Å². The SMILES string of the molecule is CCCOCCCNCc1ccc2c(c1)OCO2. The van der Waals surface area contributed by atoms with Crippen molar-refractivity contribution in [1.29, 1.82) is 0 Å². The zero-order chi connectivity index (χ0) is 12.6. The highest BCUT2D eigenvalue weighted by atomic mass is 16.7. The maximum atomic E-state index is 5.42. The molecule has 0 bridgehead atoms. The maximum Gasteiger partial charge on any atom is 0.231 e. The normalized spacial score (nSPS) is 12.9. The van der Waals surface area contributed by atoms with Crippen LogP contribution in [0.3, 0.4) is 0 Å². The van der Waals surface area contributed by atoms with Gasteiger partial charge < -0.3 is 19.5 Å². The van der Waals surface area contributed by atoms with E-state index >= 15 is 0 Å². The van der Waals surface area contributed by atoms with Crippen molar-refractivity contribution in [3.63, 3.8) is 0 Å². The Bertz CT molecular complexity index is 368. The Morgan fingerprint density at radius 2 is 2.11 bits per heavy atom. The van der Waals surface area contributed by atoms with Crippen LogP contribution in [0.1, 0.15) is 25.3 Å². The molecule has 4 heteroatoms. The fraction of sp³-hybridized carbons (Fsp3) is 0.571. The first-order valence-electron chi connectivity index (χ1n) is 6.57. The molecule has 0 radical (unpaired) electrons. The fourth-order valence-corrected chi connectivity index (χ4v) is 1.83. The van der Waals surface area contributed by atoms with E-state index in [1.807, 2.05) is 12.1 Å². The second kappa shape index (κ2) is 7.24. The minimum Gasteiger partial charge on any atom is -0.454 e. The summed E-state index contributed by atoms with van der Waals surface area (Å²) in [5.74, 6) is 1.69. The summed E-state index contributed by atoms with van der Waals surface area (Å²) < 4.78 is 16.0. The van der Waals surface area contributed by atoms with E-state index in [4.69, 9.17) is 14.2 Å². The van der Waals surface area contributed by atoms with Gasteiger partial charge in [0.2, 0.25) is 6.79 Å². The van der Waals surface area contributed by atoms with Gasteiger partial charge in [-0.1, -0.05) is 13.0 Å². The van der Waals surface area contributed by atoms with Gasteiger partial charge in [-0.05, 0) is 37.1 Å². The lowest BCUT2D eigenvalue weighted by molar-refractivity contribution is 0.132. The van der Waals surface area contributed by atoms with Crippen molar-refractivity contribution in [2.75, 3.05) is 26.6 Å². The average Bonchev–Trinajstić information content (AvgIpc) is 2.85. The Hall–Kier alpha value is -1.26. The first-order chi connectivity index (χ1) is 8.90. The molecule has 4 nitrogen and oxygen atoms in total. The van der Waals surface area contributed by atoms with Crippen LogP contribution in [-0.2, 0) is 11.3 Å². The van der Waals surface area contributed by atoms with E-state index in [1.54, 1.807) is 0 Å². The molecule has 2 rings (SSSR count). The second-order valence-corrected chi connectivity index (χ2v) is 4.33. The van der Waals surface area contributed by atoms with Gasteiger partial charge in [0.15, 0.2) is 11.5 Å². The van der Waals surface area contributed by atoms with Gasteiger partial charge in [-0.25, -0.2) is 0 Å². The summed E-state index contributed by atoms with van der Waals surface area (Å²) in [4.78, 5) is 0. The molecule has 0 aromatic heterocycles. The van der Waals surface area contributed by atoms with Crippen molar-refractivity contribution >= 4 is 0 Å². The molecule has 1 aliphatic rings. The molecule has 0 spiro atoms. The predicted octanol–water partition coefficient (Wildman–Crippen LogP) is 2.32. The molecule has 0 atom stereocenters. The average molecular weight is 251 g/mol. The molecule has 1 heterocycles. The van der Waals surface area contributed by atoms with Crippen molar-refractivity contribution in [3.05, 3.63) is 23.8 Å². The Kier molecular flexibility index (Phi) is 5.30. The van der Waals surface area contributed by atoms with Gasteiger partial charge in [-0.2, -0.15) is 0 Å². The molecule has 0 unspecified atom stereocenters. The highest BCUT2D eigenvalue weighted by Gasteiger charge is 2.12. The van der Waals surface area contributed by atoms with Gasteiger partial charge in [-0.15, -0.1) is 0 Å². The van der Waals surface area contributed by atoms with Gasteiger partial charge in [-0.3, -0.25) is 0 Å². The summed E-state index contributed by atoms with van der Waals surface area (Å²) in [6, 6.07) is 6.06. The van der Waals surface area contributed by atoms with E-state index < -0.39 is 0 Å². The van der Waals surface area contributed by atoms with E-state index in [1.165, 1.54) is 5.56 Å². The summed E-state index contributed by atoms with van der Waals surface area (Å²) in [7, 11) is 0. The Morgan fingerprint density at radius 1 is 1.22 bits per heavy atom. The first-order valence-corrected chi connectivity index (χ1v) is 6.57. The van der Waals surface area contributed by atoms with E-state index in [2.05, 4.69) is 18.3 Å². The van der Waals surface area contributed by atoms with Crippen LogP contribution in [0, 0.1) is 0 Å². The van der Waals surface area contributed by atoms with Gasteiger partial charge in [0, 0.05) is 19.8 Å². The maximum absolute atomic E-state index is 5.42. The van der Waals surface area contributed by atoms with Gasteiger partial charge in [0.05, 0.1) is 0 Å². The molecule has 0 amide bonds. The summed E-state index contributed by atoms with van der Waals surface area (Å²) >= 11 is 0. The molecule has 18 heavy (non-hydrogen) atoms. The summed E-state index contributed by atoms with van der Waals surface area (Å²) in [6.07, 6.45) is 2.13. The largest absolute Gasteiger partial charge is 0.454 e. The van der Waals surface area contributed by atoms with Crippen LogP contribution in [0.5, 0.6) is 11.5 Å². The van der Waals surface area contributed by atoms with Gasteiger partial charge in [0.25, 0.3) is 0 Å². The third kappa shape index (κ3) is 3.89. The number of ether oxygens (including phenoxy) is 3. The number of hydrogen-bond donors (Lipinski definition) is 1. The Morgan fingerprint density at radius 3 is 3.00 bits per heavy atom. The van der Waals surface area contributed by atoms with Crippen molar-refractivity contribution < 1.29 is 14.2 Å². The topological polar surface area (TPSA) is 39.7 Å². The molecule has 1 N–H and O–H groups in total. The van der Waals surface area contributed by atoms with Crippen molar-refractivity contribution in [2.24, 2.45) is 0 Å². The lowest BCUT2D eigenvalue weighted by Crippen LogP contribution is -2.16. The standard InChI is InChI=1S/C14H21NO3/c1-2-7-16-8-3-6-15-10-12-4-5-13-14(9-12)18-11-17-13/h4-5,9,15H,2-3,6-8,10-11H2,1H3. The van der Waals surface area contributed by atoms with Crippen LogP contribution >= 0.6 is 0 Å². The predicted molar refractivity (Wildman–Crippen MR) is 70.0 cm³/mol. The van der Waals surface area contributed by atoms with E-state index in [9.17, 15) is 0 Å².